The topological polar surface area (TPSA) is 12.0 Å². The van der Waals surface area contributed by atoms with Crippen molar-refractivity contribution in [3.63, 3.8) is 0 Å². The molecule has 94 valence electrons. The summed E-state index contributed by atoms with van der Waals surface area (Å²) < 4.78 is 37.7. The fourth-order valence-corrected chi connectivity index (χ4v) is 3.38. The van der Waals surface area contributed by atoms with E-state index >= 15 is 0 Å². The summed E-state index contributed by atoms with van der Waals surface area (Å²) in [5.41, 5.74) is 0.201. The lowest BCUT2D eigenvalue weighted by Gasteiger charge is -2.47. The average Bonchev–Trinajstić information content (AvgIpc) is 2.22. The monoisotopic (exact) mass is 235 g/mol. The Morgan fingerprint density at radius 2 is 1.75 bits per heavy atom. The van der Waals surface area contributed by atoms with Crippen molar-refractivity contribution in [1.29, 1.82) is 0 Å². The molecule has 1 heterocycles. The second-order valence-corrected chi connectivity index (χ2v) is 5.53. The van der Waals surface area contributed by atoms with Gasteiger partial charge in [0, 0.05) is 0 Å². The minimum Gasteiger partial charge on any atom is -0.316 e. The van der Waals surface area contributed by atoms with Crippen LogP contribution in [0.4, 0.5) is 13.2 Å². The van der Waals surface area contributed by atoms with Crippen LogP contribution in [-0.4, -0.2) is 19.3 Å². The van der Waals surface area contributed by atoms with Crippen LogP contribution in [0.2, 0.25) is 0 Å². The van der Waals surface area contributed by atoms with E-state index in [1.54, 1.807) is 0 Å². The first-order valence-electron chi connectivity index (χ1n) is 6.21. The summed E-state index contributed by atoms with van der Waals surface area (Å²) in [5.74, 6) is -0.518. The van der Waals surface area contributed by atoms with E-state index in [1.807, 2.05) is 0 Å². The summed E-state index contributed by atoms with van der Waals surface area (Å²) in [6.45, 7) is 4.12. The van der Waals surface area contributed by atoms with E-state index in [0.29, 0.717) is 18.8 Å². The van der Waals surface area contributed by atoms with Gasteiger partial charge in [-0.1, -0.05) is 6.92 Å². The molecule has 0 amide bonds. The normalized spacial score (nSPS) is 41.2. The first kappa shape index (κ1) is 12.2. The molecule has 1 saturated heterocycles. The molecule has 1 N–H and O–H groups in total. The Morgan fingerprint density at radius 1 is 1.12 bits per heavy atom. The third-order valence-corrected chi connectivity index (χ3v) is 4.74. The predicted molar refractivity (Wildman–Crippen MR) is 57.1 cm³/mol. The number of halogens is 3. The molecule has 0 bridgehead atoms. The largest absolute Gasteiger partial charge is 0.391 e. The first-order valence-corrected chi connectivity index (χ1v) is 6.21. The predicted octanol–water partition coefficient (Wildman–Crippen LogP) is 3.35. The molecule has 0 aromatic rings. The van der Waals surface area contributed by atoms with Gasteiger partial charge in [-0.3, -0.25) is 0 Å². The molecule has 0 aromatic carbocycles. The first-order chi connectivity index (χ1) is 7.44. The summed E-state index contributed by atoms with van der Waals surface area (Å²) in [7, 11) is 0. The summed E-state index contributed by atoms with van der Waals surface area (Å²) in [4.78, 5) is 0. The minimum absolute atomic E-state index is 0.201. The molecular formula is C12H20F3N. The Kier molecular flexibility index (Phi) is 3.21. The van der Waals surface area contributed by atoms with Gasteiger partial charge < -0.3 is 5.32 Å². The van der Waals surface area contributed by atoms with E-state index in [2.05, 4.69) is 12.2 Å². The van der Waals surface area contributed by atoms with E-state index in [1.165, 1.54) is 0 Å². The van der Waals surface area contributed by atoms with Gasteiger partial charge in [-0.2, -0.15) is 13.2 Å². The van der Waals surface area contributed by atoms with Crippen LogP contribution in [0.15, 0.2) is 0 Å². The number of hydrogen-bond donors (Lipinski definition) is 1. The van der Waals surface area contributed by atoms with E-state index in [9.17, 15) is 13.2 Å². The smallest absolute Gasteiger partial charge is 0.316 e. The van der Waals surface area contributed by atoms with E-state index < -0.39 is 12.1 Å². The molecule has 1 unspecified atom stereocenters. The quantitative estimate of drug-likeness (QED) is 0.679. The van der Waals surface area contributed by atoms with Crippen LogP contribution in [-0.2, 0) is 0 Å². The number of hydrogen-bond acceptors (Lipinski definition) is 1. The van der Waals surface area contributed by atoms with Crippen molar-refractivity contribution in [2.45, 2.75) is 45.2 Å². The Bertz CT molecular complexity index is 241. The van der Waals surface area contributed by atoms with Crippen molar-refractivity contribution in [3.05, 3.63) is 0 Å². The van der Waals surface area contributed by atoms with Crippen LogP contribution >= 0.6 is 0 Å². The van der Waals surface area contributed by atoms with Crippen LogP contribution in [0, 0.1) is 17.3 Å². The van der Waals surface area contributed by atoms with Crippen molar-refractivity contribution in [2.24, 2.45) is 17.3 Å². The zero-order valence-corrected chi connectivity index (χ0v) is 9.74. The van der Waals surface area contributed by atoms with Gasteiger partial charge in [0.1, 0.15) is 0 Å². The SMILES string of the molecule is CC1CNCCC12CCC(C(F)(F)F)CC2. The van der Waals surface area contributed by atoms with Crippen molar-refractivity contribution >= 4 is 0 Å². The van der Waals surface area contributed by atoms with Crippen LogP contribution in [0.3, 0.4) is 0 Å². The second kappa shape index (κ2) is 4.21. The highest BCUT2D eigenvalue weighted by molar-refractivity contribution is 4.94. The van der Waals surface area contributed by atoms with Gasteiger partial charge in [0.2, 0.25) is 0 Å². The van der Waals surface area contributed by atoms with Gasteiger partial charge in [-0.05, 0) is 56.5 Å². The van der Waals surface area contributed by atoms with E-state index in [4.69, 9.17) is 0 Å². The molecule has 1 nitrogen and oxygen atoms in total. The summed E-state index contributed by atoms with van der Waals surface area (Å²) in [6.07, 6.45) is -0.710. The highest BCUT2D eigenvalue weighted by atomic mass is 19.4. The van der Waals surface area contributed by atoms with Gasteiger partial charge in [0.25, 0.3) is 0 Å². The van der Waals surface area contributed by atoms with Crippen molar-refractivity contribution in [1.82, 2.24) is 5.32 Å². The van der Waals surface area contributed by atoms with Gasteiger partial charge in [0.05, 0.1) is 5.92 Å². The van der Waals surface area contributed by atoms with Crippen LogP contribution in [0.1, 0.15) is 39.0 Å². The Morgan fingerprint density at radius 3 is 2.25 bits per heavy atom. The third kappa shape index (κ3) is 2.22. The Balaban J connectivity index is 1.98. The zero-order valence-electron chi connectivity index (χ0n) is 9.74. The number of rotatable bonds is 0. The molecule has 16 heavy (non-hydrogen) atoms. The molecule has 1 saturated carbocycles. The van der Waals surface area contributed by atoms with Gasteiger partial charge in [-0.15, -0.1) is 0 Å². The molecule has 0 aromatic heterocycles. The summed E-state index contributed by atoms with van der Waals surface area (Å²) in [6, 6.07) is 0. The van der Waals surface area contributed by atoms with Crippen molar-refractivity contribution in [3.8, 4) is 0 Å². The second-order valence-electron chi connectivity index (χ2n) is 5.53. The summed E-state index contributed by atoms with van der Waals surface area (Å²) in [5, 5.41) is 3.33. The maximum Gasteiger partial charge on any atom is 0.391 e. The van der Waals surface area contributed by atoms with E-state index in [-0.39, 0.29) is 5.41 Å². The molecule has 1 spiro atoms. The summed E-state index contributed by atoms with van der Waals surface area (Å²) >= 11 is 0. The molecule has 1 aliphatic heterocycles. The third-order valence-electron chi connectivity index (χ3n) is 4.74. The highest BCUT2D eigenvalue weighted by Gasteiger charge is 2.47. The van der Waals surface area contributed by atoms with Crippen molar-refractivity contribution < 1.29 is 13.2 Å². The van der Waals surface area contributed by atoms with Gasteiger partial charge in [0.15, 0.2) is 0 Å². The Labute approximate surface area is 94.8 Å². The maximum absolute atomic E-state index is 12.6. The standard InChI is InChI=1S/C12H20F3N/c1-9-8-16-7-6-11(9)4-2-10(3-5-11)12(13,14)15/h9-10,16H,2-8H2,1H3. The number of piperidine rings is 1. The van der Waals surface area contributed by atoms with E-state index in [0.717, 1.165) is 32.4 Å². The maximum atomic E-state index is 12.6. The van der Waals surface area contributed by atoms with Crippen LogP contribution in [0.5, 0.6) is 0 Å². The average molecular weight is 235 g/mol. The zero-order chi connectivity index (χ0) is 11.8. The van der Waals surface area contributed by atoms with Gasteiger partial charge in [-0.25, -0.2) is 0 Å². The molecular weight excluding hydrogens is 215 g/mol. The highest BCUT2D eigenvalue weighted by Crippen LogP contribution is 2.51. The fraction of sp³-hybridized carbons (Fsp3) is 1.00. The molecule has 2 rings (SSSR count). The molecule has 1 atom stereocenters. The van der Waals surface area contributed by atoms with Crippen LogP contribution < -0.4 is 5.32 Å². The van der Waals surface area contributed by atoms with Crippen LogP contribution in [0.25, 0.3) is 0 Å². The molecule has 1 aliphatic carbocycles. The lowest BCUT2D eigenvalue weighted by molar-refractivity contribution is -0.190. The minimum atomic E-state index is -3.97. The lowest BCUT2D eigenvalue weighted by atomic mass is 9.61. The molecule has 2 fully saturated rings. The van der Waals surface area contributed by atoms with Crippen molar-refractivity contribution in [2.75, 3.05) is 13.1 Å². The molecule has 2 aliphatic rings. The number of alkyl halides is 3. The number of nitrogens with one attached hydrogen (secondary N) is 1. The lowest BCUT2D eigenvalue weighted by Crippen LogP contribution is -2.46. The Hall–Kier alpha value is -0.250. The molecule has 4 heteroatoms. The fourth-order valence-electron chi connectivity index (χ4n) is 3.38. The van der Waals surface area contributed by atoms with Gasteiger partial charge >= 0.3 is 6.18 Å². The molecule has 0 radical (unpaired) electrons.